The molecule has 1 heterocycles. The Bertz CT molecular complexity index is 450. The van der Waals surface area contributed by atoms with Crippen molar-refractivity contribution in [2.75, 3.05) is 26.7 Å². The molecule has 4 nitrogen and oxygen atoms in total. The molecule has 0 spiro atoms. The Hall–Kier alpha value is -1.10. The molecular formula is C17H28ClN3O. The van der Waals surface area contributed by atoms with Gasteiger partial charge in [0.2, 0.25) is 5.91 Å². The van der Waals surface area contributed by atoms with Crippen molar-refractivity contribution < 1.29 is 4.79 Å². The predicted molar refractivity (Wildman–Crippen MR) is 93.2 cm³/mol. The van der Waals surface area contributed by atoms with E-state index < -0.39 is 0 Å². The van der Waals surface area contributed by atoms with Gasteiger partial charge in [0, 0.05) is 25.0 Å². The topological polar surface area (TPSA) is 44.4 Å². The van der Waals surface area contributed by atoms with Crippen LogP contribution in [0.25, 0.3) is 0 Å². The van der Waals surface area contributed by atoms with Crippen LogP contribution in [0, 0.1) is 11.8 Å². The third-order valence-corrected chi connectivity index (χ3v) is 4.20. The second-order valence-electron chi connectivity index (χ2n) is 6.30. The Morgan fingerprint density at radius 2 is 1.95 bits per heavy atom. The fourth-order valence-corrected chi connectivity index (χ4v) is 2.73. The first-order valence-electron chi connectivity index (χ1n) is 7.80. The van der Waals surface area contributed by atoms with Crippen molar-refractivity contribution in [2.45, 2.75) is 26.4 Å². The van der Waals surface area contributed by atoms with E-state index in [1.54, 1.807) is 0 Å². The summed E-state index contributed by atoms with van der Waals surface area (Å²) in [4.78, 5) is 14.4. The Morgan fingerprint density at radius 1 is 1.32 bits per heavy atom. The number of nitrogens with zero attached hydrogens (tertiary/aromatic N) is 1. The van der Waals surface area contributed by atoms with Gasteiger partial charge < -0.3 is 15.5 Å². The summed E-state index contributed by atoms with van der Waals surface area (Å²) >= 11 is 0. The van der Waals surface area contributed by atoms with Gasteiger partial charge in [0.05, 0.1) is 0 Å². The number of amides is 1. The summed E-state index contributed by atoms with van der Waals surface area (Å²) in [5.74, 6) is 0.787. The first kappa shape index (κ1) is 18.9. The van der Waals surface area contributed by atoms with Crippen molar-refractivity contribution in [1.29, 1.82) is 0 Å². The zero-order valence-electron chi connectivity index (χ0n) is 13.7. The predicted octanol–water partition coefficient (Wildman–Crippen LogP) is 1.90. The van der Waals surface area contributed by atoms with E-state index >= 15 is 0 Å². The number of carbonyl (C=O) groups is 1. The fourth-order valence-electron chi connectivity index (χ4n) is 2.73. The monoisotopic (exact) mass is 325 g/mol. The highest BCUT2D eigenvalue weighted by Gasteiger charge is 2.29. The molecule has 2 unspecified atom stereocenters. The Balaban J connectivity index is 0.00000242. The lowest BCUT2D eigenvalue weighted by Crippen LogP contribution is -2.51. The lowest BCUT2D eigenvalue weighted by atomic mass is 9.88. The molecule has 1 aliphatic heterocycles. The number of likely N-dealkylation sites (N-methyl/N-ethyl adjacent to an activating group) is 1. The number of benzene rings is 1. The third-order valence-electron chi connectivity index (χ3n) is 4.20. The first-order valence-corrected chi connectivity index (χ1v) is 7.80. The molecule has 1 amide bonds. The van der Waals surface area contributed by atoms with E-state index in [1.807, 2.05) is 13.0 Å². The van der Waals surface area contributed by atoms with Gasteiger partial charge in [-0.25, -0.2) is 0 Å². The first-order chi connectivity index (χ1) is 10.1. The maximum absolute atomic E-state index is 12.2. The zero-order chi connectivity index (χ0) is 15.2. The summed E-state index contributed by atoms with van der Waals surface area (Å²) in [6, 6.07) is 10.6. The van der Waals surface area contributed by atoms with Crippen LogP contribution in [0.1, 0.15) is 19.4 Å². The minimum atomic E-state index is 0. The number of hydrogen-bond acceptors (Lipinski definition) is 3. The highest BCUT2D eigenvalue weighted by Crippen LogP contribution is 2.16. The van der Waals surface area contributed by atoms with Crippen LogP contribution in [0.15, 0.2) is 30.3 Å². The molecule has 1 saturated heterocycles. The maximum Gasteiger partial charge on any atom is 0.223 e. The average molecular weight is 326 g/mol. The number of halogens is 1. The molecule has 124 valence electrons. The molecular weight excluding hydrogens is 298 g/mol. The van der Waals surface area contributed by atoms with Gasteiger partial charge in [-0.3, -0.25) is 4.79 Å². The number of carbonyl (C=O) groups excluding carboxylic acids is 1. The summed E-state index contributed by atoms with van der Waals surface area (Å²) in [7, 11) is 2.09. The molecule has 5 heteroatoms. The van der Waals surface area contributed by atoms with Crippen molar-refractivity contribution >= 4 is 18.3 Å². The molecule has 0 aliphatic carbocycles. The third kappa shape index (κ3) is 5.59. The van der Waals surface area contributed by atoms with Crippen LogP contribution < -0.4 is 10.6 Å². The van der Waals surface area contributed by atoms with E-state index in [0.29, 0.717) is 5.92 Å². The van der Waals surface area contributed by atoms with E-state index in [4.69, 9.17) is 0 Å². The van der Waals surface area contributed by atoms with Crippen molar-refractivity contribution in [3.05, 3.63) is 35.9 Å². The van der Waals surface area contributed by atoms with Gasteiger partial charge in [0.25, 0.3) is 0 Å². The highest BCUT2D eigenvalue weighted by atomic mass is 35.5. The molecule has 1 aromatic rings. The minimum Gasteiger partial charge on any atom is -0.352 e. The largest absolute Gasteiger partial charge is 0.352 e. The number of hydrogen-bond donors (Lipinski definition) is 2. The van der Waals surface area contributed by atoms with Gasteiger partial charge in [-0.1, -0.05) is 37.3 Å². The normalized spacial score (nSPS) is 17.3. The summed E-state index contributed by atoms with van der Waals surface area (Å²) in [6.07, 6.45) is 0. The van der Waals surface area contributed by atoms with Crippen molar-refractivity contribution in [3.8, 4) is 0 Å². The quantitative estimate of drug-likeness (QED) is 0.805. The van der Waals surface area contributed by atoms with Crippen LogP contribution >= 0.6 is 12.4 Å². The fraction of sp³-hybridized carbons (Fsp3) is 0.588. The van der Waals surface area contributed by atoms with Crippen LogP contribution in [0.5, 0.6) is 0 Å². The Kier molecular flexibility index (Phi) is 7.87. The van der Waals surface area contributed by atoms with Crippen LogP contribution in [0.3, 0.4) is 0 Å². The lowest BCUT2D eigenvalue weighted by molar-refractivity contribution is -0.127. The van der Waals surface area contributed by atoms with E-state index in [2.05, 4.69) is 53.8 Å². The van der Waals surface area contributed by atoms with Crippen molar-refractivity contribution in [2.24, 2.45) is 11.8 Å². The summed E-state index contributed by atoms with van der Waals surface area (Å²) < 4.78 is 0. The second-order valence-corrected chi connectivity index (χ2v) is 6.30. The van der Waals surface area contributed by atoms with E-state index in [9.17, 15) is 4.79 Å². The molecule has 22 heavy (non-hydrogen) atoms. The molecule has 0 radical (unpaired) electrons. The van der Waals surface area contributed by atoms with Crippen LogP contribution in [0.2, 0.25) is 0 Å². The van der Waals surface area contributed by atoms with Crippen LogP contribution in [-0.4, -0.2) is 43.5 Å². The van der Waals surface area contributed by atoms with E-state index in [1.165, 1.54) is 5.56 Å². The number of rotatable bonds is 7. The van der Waals surface area contributed by atoms with Crippen LogP contribution in [-0.2, 0) is 11.3 Å². The van der Waals surface area contributed by atoms with Crippen molar-refractivity contribution in [1.82, 2.24) is 15.5 Å². The summed E-state index contributed by atoms with van der Waals surface area (Å²) in [5, 5.41) is 6.36. The lowest BCUT2D eigenvalue weighted by Gasteiger charge is -2.32. The molecule has 2 atom stereocenters. The zero-order valence-corrected chi connectivity index (χ0v) is 14.5. The summed E-state index contributed by atoms with van der Waals surface area (Å²) in [5.41, 5.74) is 1.30. The minimum absolute atomic E-state index is 0. The van der Waals surface area contributed by atoms with Gasteiger partial charge in [-0.15, -0.1) is 12.4 Å². The SMILES string of the molecule is CC(CN(C)Cc1ccccc1)NC(=O)C(C)C1CNC1.Cl. The summed E-state index contributed by atoms with van der Waals surface area (Å²) in [6.45, 7) is 7.81. The van der Waals surface area contributed by atoms with Crippen LogP contribution in [0.4, 0.5) is 0 Å². The molecule has 2 N–H and O–H groups in total. The molecule has 0 bridgehead atoms. The Labute approximate surface area is 140 Å². The van der Waals surface area contributed by atoms with Gasteiger partial charge in [-0.2, -0.15) is 0 Å². The highest BCUT2D eigenvalue weighted by molar-refractivity contribution is 5.85. The molecule has 1 fully saturated rings. The second kappa shape index (κ2) is 9.13. The average Bonchev–Trinajstić information content (AvgIpc) is 2.37. The molecule has 0 saturated carbocycles. The molecule has 0 aromatic heterocycles. The van der Waals surface area contributed by atoms with Gasteiger partial charge >= 0.3 is 0 Å². The number of nitrogens with one attached hydrogen (secondary N) is 2. The van der Waals surface area contributed by atoms with Gasteiger partial charge in [-0.05, 0) is 38.5 Å². The molecule has 2 rings (SSSR count). The maximum atomic E-state index is 12.2. The standard InChI is InChI=1S/C17H27N3O.ClH/c1-13(19-17(21)14(2)16-9-18-10-16)11-20(3)12-15-7-5-4-6-8-15;/h4-8,13-14,16,18H,9-12H2,1-3H3,(H,19,21);1H. The molecule has 1 aromatic carbocycles. The smallest absolute Gasteiger partial charge is 0.223 e. The Morgan fingerprint density at radius 3 is 2.50 bits per heavy atom. The molecule has 1 aliphatic rings. The van der Waals surface area contributed by atoms with E-state index in [0.717, 1.165) is 26.2 Å². The van der Waals surface area contributed by atoms with Gasteiger partial charge in [0.15, 0.2) is 0 Å². The van der Waals surface area contributed by atoms with E-state index in [-0.39, 0.29) is 30.3 Å². The van der Waals surface area contributed by atoms with Crippen molar-refractivity contribution in [3.63, 3.8) is 0 Å². The van der Waals surface area contributed by atoms with Gasteiger partial charge in [0.1, 0.15) is 0 Å².